The van der Waals surface area contributed by atoms with Crippen molar-refractivity contribution in [3.05, 3.63) is 63.0 Å². The highest BCUT2D eigenvalue weighted by Gasteiger charge is 2.28. The van der Waals surface area contributed by atoms with Crippen LogP contribution in [0, 0.1) is 10.8 Å². The average molecular weight is 525 g/mol. The second-order valence-corrected chi connectivity index (χ2v) is 10.2. The third-order valence-electron chi connectivity index (χ3n) is 6.13. The van der Waals surface area contributed by atoms with Crippen LogP contribution in [-0.2, 0) is 16.0 Å². The van der Waals surface area contributed by atoms with Crippen LogP contribution in [0.15, 0.2) is 47.0 Å². The molecule has 1 unspecified atom stereocenters. The lowest BCUT2D eigenvalue weighted by Gasteiger charge is -2.34. The van der Waals surface area contributed by atoms with E-state index in [0.29, 0.717) is 34.7 Å². The van der Waals surface area contributed by atoms with Crippen molar-refractivity contribution in [1.29, 1.82) is 0 Å². The smallest absolute Gasteiger partial charge is 0.310 e. The van der Waals surface area contributed by atoms with Gasteiger partial charge in [0.1, 0.15) is 0 Å². The summed E-state index contributed by atoms with van der Waals surface area (Å²) < 4.78 is 8.60. The summed E-state index contributed by atoms with van der Waals surface area (Å²) in [5.41, 5.74) is 2.15. The number of hydrogen-bond acceptors (Lipinski definition) is 7. The number of esters is 1. The van der Waals surface area contributed by atoms with Gasteiger partial charge in [-0.2, -0.15) is 0 Å². The number of rotatable bonds is 12. The van der Waals surface area contributed by atoms with Crippen LogP contribution < -0.4 is 5.32 Å². The lowest BCUT2D eigenvalue weighted by atomic mass is 9.88. The van der Waals surface area contributed by atoms with E-state index in [2.05, 4.69) is 14.8 Å². The summed E-state index contributed by atoms with van der Waals surface area (Å²) in [6.45, 7) is 1.06. The molecule has 1 fully saturated rings. The first-order chi connectivity index (χ1) is 16.5. The van der Waals surface area contributed by atoms with Crippen LogP contribution >= 0.6 is 35.1 Å². The summed E-state index contributed by atoms with van der Waals surface area (Å²) in [6, 6.07) is 12.8. The Morgan fingerprint density at radius 3 is 2.56 bits per heavy atom. The first-order valence-electron chi connectivity index (χ1n) is 11.6. The molecule has 1 aliphatic rings. The van der Waals surface area contributed by atoms with Crippen LogP contribution in [0.25, 0.3) is 0 Å². The molecule has 0 heterocycles. The van der Waals surface area contributed by atoms with Gasteiger partial charge in [-0.15, -0.1) is 4.91 Å². The van der Waals surface area contributed by atoms with E-state index in [1.54, 1.807) is 18.2 Å². The average Bonchev–Trinajstić information content (AvgIpc) is 2.84. The number of halogens is 2. The Bertz CT molecular complexity index is 937. The van der Waals surface area contributed by atoms with Crippen LogP contribution in [-0.4, -0.2) is 36.4 Å². The zero-order valence-corrected chi connectivity index (χ0v) is 21.7. The van der Waals surface area contributed by atoms with E-state index in [1.807, 2.05) is 31.3 Å². The molecule has 0 aromatic heterocycles. The van der Waals surface area contributed by atoms with Crippen molar-refractivity contribution in [3.63, 3.8) is 0 Å². The van der Waals surface area contributed by atoms with Crippen LogP contribution in [0.3, 0.4) is 0 Å². The van der Waals surface area contributed by atoms with Gasteiger partial charge in [0.05, 0.1) is 34.1 Å². The van der Waals surface area contributed by atoms with Crippen LogP contribution in [0.4, 0.5) is 11.4 Å². The van der Waals surface area contributed by atoms with E-state index in [1.165, 1.54) is 19.3 Å². The molecule has 9 heteroatoms. The van der Waals surface area contributed by atoms with E-state index < -0.39 is 0 Å². The minimum absolute atomic E-state index is 0.0862. The van der Waals surface area contributed by atoms with E-state index in [-0.39, 0.29) is 17.8 Å². The quantitative estimate of drug-likeness (QED) is 0.102. The molecule has 1 atom stereocenters. The topological polar surface area (TPSA) is 71.0 Å². The van der Waals surface area contributed by atoms with Crippen molar-refractivity contribution in [2.24, 2.45) is 10.5 Å². The normalized spacial score (nSPS) is 15.2. The van der Waals surface area contributed by atoms with Crippen molar-refractivity contribution in [2.45, 2.75) is 50.3 Å². The maximum absolute atomic E-state index is 12.5. The Labute approximate surface area is 215 Å². The standard InChI is InChI=1S/C25H31Cl2N3O3S/c1-30(25(34-29-32)18-9-3-2-4-10-18)15-8-16-33-23(31)17-19-11-5-6-14-22(19)28-24-20(26)12-7-13-21(24)27/h5-7,11-14,18,25,28H,2-4,8-10,15-17H2,1H3. The van der Waals surface area contributed by atoms with Crippen molar-refractivity contribution in [2.75, 3.05) is 25.5 Å². The second-order valence-electron chi connectivity index (χ2n) is 8.58. The van der Waals surface area contributed by atoms with Gasteiger partial charge >= 0.3 is 5.97 Å². The number of hydrogen-bond donors (Lipinski definition) is 1. The van der Waals surface area contributed by atoms with E-state index in [4.69, 9.17) is 27.9 Å². The SMILES string of the molecule is CN(CCCOC(=O)Cc1ccccc1Nc1c(Cl)cccc1Cl)C(SN=O)C1CCCCC1. The predicted molar refractivity (Wildman–Crippen MR) is 142 cm³/mol. The summed E-state index contributed by atoms with van der Waals surface area (Å²) in [4.78, 5) is 25.6. The van der Waals surface area contributed by atoms with Crippen molar-refractivity contribution in [1.82, 2.24) is 4.90 Å². The van der Waals surface area contributed by atoms with E-state index in [0.717, 1.165) is 42.6 Å². The Morgan fingerprint density at radius 1 is 1.15 bits per heavy atom. The second kappa shape index (κ2) is 13.9. The van der Waals surface area contributed by atoms with Gasteiger partial charge in [0.15, 0.2) is 0 Å². The molecule has 0 radical (unpaired) electrons. The summed E-state index contributed by atoms with van der Waals surface area (Å²) in [5.74, 6) is 0.189. The third-order valence-corrected chi connectivity index (χ3v) is 7.81. The minimum Gasteiger partial charge on any atom is -0.465 e. The van der Waals surface area contributed by atoms with Gasteiger partial charge < -0.3 is 10.1 Å². The molecule has 0 spiro atoms. The molecular formula is C25H31Cl2N3O3S. The molecular weight excluding hydrogens is 493 g/mol. The number of carbonyl (C=O) groups excluding carboxylic acids is 1. The fraction of sp³-hybridized carbons (Fsp3) is 0.480. The van der Waals surface area contributed by atoms with E-state index >= 15 is 0 Å². The van der Waals surface area contributed by atoms with Gasteiger partial charge in [0, 0.05) is 28.8 Å². The lowest BCUT2D eigenvalue weighted by Crippen LogP contribution is -2.37. The number of benzene rings is 2. The van der Waals surface area contributed by atoms with Crippen LogP contribution in [0.2, 0.25) is 10.0 Å². The molecule has 1 saturated carbocycles. The predicted octanol–water partition coefficient (Wildman–Crippen LogP) is 7.47. The number of nitroso groups, excluding NO2 is 1. The first kappa shape index (κ1) is 26.8. The molecule has 2 aromatic carbocycles. The third kappa shape index (κ3) is 7.87. The van der Waals surface area contributed by atoms with Crippen LogP contribution in [0.1, 0.15) is 44.1 Å². The van der Waals surface area contributed by atoms with Gasteiger partial charge in [0.25, 0.3) is 0 Å². The molecule has 34 heavy (non-hydrogen) atoms. The monoisotopic (exact) mass is 523 g/mol. The van der Waals surface area contributed by atoms with Gasteiger partial charge in [-0.25, -0.2) is 0 Å². The molecule has 1 aliphatic carbocycles. The zero-order chi connectivity index (χ0) is 24.3. The zero-order valence-electron chi connectivity index (χ0n) is 19.3. The van der Waals surface area contributed by atoms with E-state index in [9.17, 15) is 9.70 Å². The van der Waals surface area contributed by atoms with Crippen molar-refractivity contribution >= 4 is 52.5 Å². The number of nitrogens with one attached hydrogen (secondary N) is 1. The Hall–Kier alpha value is -1.80. The maximum Gasteiger partial charge on any atom is 0.310 e. The first-order valence-corrected chi connectivity index (χ1v) is 13.2. The van der Waals surface area contributed by atoms with Gasteiger partial charge in [-0.05, 0) is 56.0 Å². The molecule has 2 aromatic rings. The molecule has 0 bridgehead atoms. The summed E-state index contributed by atoms with van der Waals surface area (Å²) in [6.07, 6.45) is 6.80. The molecule has 184 valence electrons. The van der Waals surface area contributed by atoms with Crippen molar-refractivity contribution in [3.8, 4) is 0 Å². The molecule has 0 aliphatic heterocycles. The van der Waals surface area contributed by atoms with Gasteiger partial charge in [-0.3, -0.25) is 9.69 Å². The number of anilines is 2. The molecule has 1 N–H and O–H groups in total. The summed E-state index contributed by atoms with van der Waals surface area (Å²) in [5, 5.41) is 4.33. The highest BCUT2D eigenvalue weighted by atomic mass is 35.5. The Kier molecular flexibility index (Phi) is 11.0. The number of ether oxygens (including phenoxy) is 1. The summed E-state index contributed by atoms with van der Waals surface area (Å²) in [7, 11) is 2.01. The number of carbonyl (C=O) groups is 1. The maximum atomic E-state index is 12.5. The Balaban J connectivity index is 1.48. The molecule has 0 saturated heterocycles. The number of nitrogens with zero attached hydrogens (tertiary/aromatic N) is 2. The van der Waals surface area contributed by atoms with Crippen molar-refractivity contribution < 1.29 is 9.53 Å². The van der Waals surface area contributed by atoms with Gasteiger partial charge in [-0.1, -0.05) is 66.7 Å². The molecule has 6 nitrogen and oxygen atoms in total. The van der Waals surface area contributed by atoms with Gasteiger partial charge in [0.2, 0.25) is 0 Å². The molecule has 3 rings (SSSR count). The minimum atomic E-state index is -0.296. The fourth-order valence-electron chi connectivity index (χ4n) is 4.37. The fourth-order valence-corrected chi connectivity index (χ4v) is 5.66. The van der Waals surface area contributed by atoms with Crippen LogP contribution in [0.5, 0.6) is 0 Å². The Morgan fingerprint density at radius 2 is 1.85 bits per heavy atom. The summed E-state index contributed by atoms with van der Waals surface area (Å²) >= 11 is 13.7. The molecule has 0 amide bonds. The number of para-hydroxylation sites is 2. The highest BCUT2D eigenvalue weighted by Crippen LogP contribution is 2.35. The largest absolute Gasteiger partial charge is 0.465 e. The highest BCUT2D eigenvalue weighted by molar-refractivity contribution is 7.98. The lowest BCUT2D eigenvalue weighted by molar-refractivity contribution is -0.143.